The second kappa shape index (κ2) is 5.47. The number of hydrogen-bond donors (Lipinski definition) is 1. The average molecular weight is 310 g/mol. The van der Waals surface area contributed by atoms with Gasteiger partial charge in [0.05, 0.1) is 0 Å². The van der Waals surface area contributed by atoms with E-state index in [4.69, 9.17) is 0 Å². The van der Waals surface area contributed by atoms with Crippen LogP contribution < -0.4 is 9.62 Å². The summed E-state index contributed by atoms with van der Waals surface area (Å²) in [6, 6.07) is 3.07. The summed E-state index contributed by atoms with van der Waals surface area (Å²) in [5.74, 6) is 0. The van der Waals surface area contributed by atoms with Gasteiger partial charge in [-0.2, -0.15) is 0 Å². The molecular weight excluding hydrogens is 296 g/mol. The molecule has 0 saturated carbocycles. The van der Waals surface area contributed by atoms with Crippen molar-refractivity contribution in [3.8, 4) is 0 Å². The zero-order valence-electron chi connectivity index (χ0n) is 10.6. The first-order valence-corrected chi connectivity index (χ1v) is 8.58. The molecule has 1 N–H and O–H groups in total. The summed E-state index contributed by atoms with van der Waals surface area (Å²) in [5, 5.41) is 2.86. The molecule has 0 unspecified atom stereocenters. The van der Waals surface area contributed by atoms with E-state index in [1.807, 2.05) is 5.38 Å². The normalized spacial score (nSPS) is 19.4. The van der Waals surface area contributed by atoms with Crippen LogP contribution in [-0.2, 0) is 10.0 Å². The first-order chi connectivity index (χ1) is 9.65. The van der Waals surface area contributed by atoms with Crippen molar-refractivity contribution in [3.63, 3.8) is 0 Å². The Morgan fingerprint density at radius 3 is 3.00 bits per heavy atom. The van der Waals surface area contributed by atoms with E-state index < -0.39 is 10.0 Å². The molecule has 0 aromatic carbocycles. The fraction of sp³-hybridized carbons (Fsp3) is 0.333. The number of hydrogen-bond acceptors (Lipinski definition) is 6. The first-order valence-electron chi connectivity index (χ1n) is 6.22. The lowest BCUT2D eigenvalue weighted by Gasteiger charge is -2.15. The Labute approximate surface area is 121 Å². The van der Waals surface area contributed by atoms with Crippen molar-refractivity contribution in [1.29, 1.82) is 0 Å². The summed E-state index contributed by atoms with van der Waals surface area (Å²) < 4.78 is 27.1. The second-order valence-electron chi connectivity index (χ2n) is 4.56. The summed E-state index contributed by atoms with van der Waals surface area (Å²) in [4.78, 5) is 10.4. The zero-order chi connectivity index (χ0) is 14.0. The minimum atomic E-state index is -3.49. The van der Waals surface area contributed by atoms with E-state index in [1.54, 1.807) is 35.9 Å². The fourth-order valence-corrected chi connectivity index (χ4v) is 4.10. The quantitative estimate of drug-likeness (QED) is 0.915. The van der Waals surface area contributed by atoms with Crippen molar-refractivity contribution in [2.75, 3.05) is 18.0 Å². The maximum atomic E-state index is 12.2. The Kier molecular flexibility index (Phi) is 3.68. The Bertz CT molecular complexity index is 658. The Hall–Kier alpha value is -1.51. The number of anilines is 1. The molecule has 3 heterocycles. The Morgan fingerprint density at radius 2 is 2.30 bits per heavy atom. The monoisotopic (exact) mass is 310 g/mol. The predicted molar refractivity (Wildman–Crippen MR) is 77.3 cm³/mol. The van der Waals surface area contributed by atoms with Gasteiger partial charge >= 0.3 is 0 Å². The summed E-state index contributed by atoms with van der Waals surface area (Å²) in [7, 11) is -3.49. The number of nitrogens with zero attached hydrogens (tertiary/aromatic N) is 3. The highest BCUT2D eigenvalue weighted by molar-refractivity contribution is 7.89. The van der Waals surface area contributed by atoms with E-state index in [0.29, 0.717) is 6.54 Å². The highest BCUT2D eigenvalue weighted by atomic mass is 32.2. The SMILES string of the molecule is O=S(=O)(N[C@@H]1CCN(c2nccs2)C1)c1cccnc1. The molecule has 3 rings (SSSR count). The van der Waals surface area contributed by atoms with E-state index in [9.17, 15) is 8.42 Å². The van der Waals surface area contributed by atoms with Gasteiger partial charge in [-0.05, 0) is 18.6 Å². The molecule has 106 valence electrons. The minimum absolute atomic E-state index is 0.0934. The van der Waals surface area contributed by atoms with Gasteiger partial charge in [-0.25, -0.2) is 18.1 Å². The minimum Gasteiger partial charge on any atom is -0.346 e. The molecule has 1 fully saturated rings. The number of pyridine rings is 1. The maximum absolute atomic E-state index is 12.2. The number of aromatic nitrogens is 2. The van der Waals surface area contributed by atoms with E-state index in [-0.39, 0.29) is 10.9 Å². The highest BCUT2D eigenvalue weighted by Crippen LogP contribution is 2.23. The molecule has 1 aliphatic heterocycles. The van der Waals surface area contributed by atoms with Gasteiger partial charge in [0, 0.05) is 43.1 Å². The largest absolute Gasteiger partial charge is 0.346 e. The molecule has 1 saturated heterocycles. The lowest BCUT2D eigenvalue weighted by Crippen LogP contribution is -2.37. The van der Waals surface area contributed by atoms with Crippen LogP contribution in [0.25, 0.3) is 0 Å². The predicted octanol–water partition coefficient (Wildman–Crippen LogP) is 1.10. The van der Waals surface area contributed by atoms with E-state index >= 15 is 0 Å². The molecule has 1 aliphatic rings. The molecule has 1 atom stereocenters. The van der Waals surface area contributed by atoms with Crippen molar-refractivity contribution in [2.45, 2.75) is 17.4 Å². The zero-order valence-corrected chi connectivity index (χ0v) is 12.3. The third kappa shape index (κ3) is 2.82. The molecule has 0 spiro atoms. The summed E-state index contributed by atoms with van der Waals surface area (Å²) in [5.41, 5.74) is 0. The summed E-state index contributed by atoms with van der Waals surface area (Å²) in [6.07, 6.45) is 5.45. The summed E-state index contributed by atoms with van der Waals surface area (Å²) >= 11 is 1.56. The molecule has 0 amide bonds. The van der Waals surface area contributed by atoms with Crippen molar-refractivity contribution < 1.29 is 8.42 Å². The second-order valence-corrected chi connectivity index (χ2v) is 7.14. The van der Waals surface area contributed by atoms with Gasteiger partial charge < -0.3 is 4.90 Å². The smallest absolute Gasteiger partial charge is 0.242 e. The van der Waals surface area contributed by atoms with Crippen LogP contribution in [0.2, 0.25) is 0 Å². The average Bonchev–Trinajstić information content (AvgIpc) is 3.10. The molecular formula is C12H14N4O2S2. The van der Waals surface area contributed by atoms with E-state index in [1.165, 1.54) is 6.20 Å². The van der Waals surface area contributed by atoms with Gasteiger partial charge in [0.2, 0.25) is 10.0 Å². The Balaban J connectivity index is 1.68. The van der Waals surface area contributed by atoms with Gasteiger partial charge in [-0.15, -0.1) is 11.3 Å². The summed E-state index contributed by atoms with van der Waals surface area (Å²) in [6.45, 7) is 1.46. The lowest BCUT2D eigenvalue weighted by atomic mass is 10.3. The van der Waals surface area contributed by atoms with Crippen LogP contribution in [-0.4, -0.2) is 37.5 Å². The van der Waals surface area contributed by atoms with Crippen LogP contribution in [0.3, 0.4) is 0 Å². The Morgan fingerprint density at radius 1 is 1.40 bits per heavy atom. The number of sulfonamides is 1. The van der Waals surface area contributed by atoms with Crippen LogP contribution >= 0.6 is 11.3 Å². The van der Waals surface area contributed by atoms with Gasteiger partial charge in [0.15, 0.2) is 5.13 Å². The number of thiazole rings is 1. The standard InChI is InChI=1S/C12H14N4O2S2/c17-20(18,11-2-1-4-13-8-11)15-10-3-6-16(9-10)12-14-5-7-19-12/h1-2,4-5,7-8,10,15H,3,6,9H2/t10-/m1/s1. The topological polar surface area (TPSA) is 75.2 Å². The van der Waals surface area contributed by atoms with Crippen LogP contribution in [0, 0.1) is 0 Å². The van der Waals surface area contributed by atoms with Crippen molar-refractivity contribution in [1.82, 2.24) is 14.7 Å². The molecule has 2 aromatic heterocycles. The van der Waals surface area contributed by atoms with Gasteiger partial charge in [0.25, 0.3) is 0 Å². The molecule has 2 aromatic rings. The van der Waals surface area contributed by atoms with Crippen molar-refractivity contribution in [3.05, 3.63) is 36.1 Å². The van der Waals surface area contributed by atoms with Crippen LogP contribution in [0.15, 0.2) is 41.0 Å². The van der Waals surface area contributed by atoms with Crippen LogP contribution in [0.1, 0.15) is 6.42 Å². The maximum Gasteiger partial charge on any atom is 0.242 e. The van der Waals surface area contributed by atoms with Gasteiger partial charge in [0.1, 0.15) is 4.90 Å². The number of rotatable bonds is 4. The lowest BCUT2D eigenvalue weighted by molar-refractivity contribution is 0.561. The fourth-order valence-electron chi connectivity index (χ4n) is 2.20. The van der Waals surface area contributed by atoms with Crippen molar-refractivity contribution >= 4 is 26.5 Å². The van der Waals surface area contributed by atoms with Crippen molar-refractivity contribution in [2.24, 2.45) is 0 Å². The third-order valence-corrected chi connectivity index (χ3v) is 5.48. The molecule has 20 heavy (non-hydrogen) atoms. The van der Waals surface area contributed by atoms with Gasteiger partial charge in [-0.3, -0.25) is 4.98 Å². The molecule has 0 aliphatic carbocycles. The molecule has 0 radical (unpaired) electrons. The van der Waals surface area contributed by atoms with Gasteiger partial charge in [-0.1, -0.05) is 0 Å². The molecule has 6 nitrogen and oxygen atoms in total. The highest BCUT2D eigenvalue weighted by Gasteiger charge is 2.28. The van der Waals surface area contributed by atoms with Crippen LogP contribution in [0.4, 0.5) is 5.13 Å². The van der Waals surface area contributed by atoms with E-state index in [2.05, 4.69) is 19.6 Å². The third-order valence-electron chi connectivity index (χ3n) is 3.14. The van der Waals surface area contributed by atoms with Crippen LogP contribution in [0.5, 0.6) is 0 Å². The molecule has 0 bridgehead atoms. The number of nitrogens with one attached hydrogen (secondary N) is 1. The van der Waals surface area contributed by atoms with E-state index in [0.717, 1.165) is 18.1 Å². The molecule has 8 heteroatoms. The first kappa shape index (κ1) is 13.5.